The Morgan fingerprint density at radius 2 is 1.76 bits per heavy atom. The van der Waals surface area contributed by atoms with E-state index in [-0.39, 0.29) is 11.9 Å². The summed E-state index contributed by atoms with van der Waals surface area (Å²) in [5.74, 6) is 0.123. The van der Waals surface area contributed by atoms with E-state index in [1.165, 1.54) is 0 Å². The molecule has 2 N–H and O–H groups in total. The molecular weight excluding hydrogens is 270 g/mol. The summed E-state index contributed by atoms with van der Waals surface area (Å²) >= 11 is 0. The maximum Gasteiger partial charge on any atom is 0.234 e. The highest BCUT2D eigenvalue weighted by molar-refractivity contribution is 5.78. The average Bonchev–Trinajstić information content (AvgIpc) is 2.40. The van der Waals surface area contributed by atoms with Crippen LogP contribution in [0.25, 0.3) is 0 Å². The molecule has 2 rings (SSSR count). The second kappa shape index (κ2) is 7.54. The van der Waals surface area contributed by atoms with Crippen molar-refractivity contribution in [1.29, 1.82) is 0 Å². The summed E-state index contributed by atoms with van der Waals surface area (Å²) in [6, 6.07) is 0.280. The zero-order chi connectivity index (χ0) is 15.3. The Hall–Kier alpha value is -0.690. The number of nitrogens with zero attached hydrogens (tertiary/aromatic N) is 2. The lowest BCUT2D eigenvalue weighted by molar-refractivity contribution is -0.124. The van der Waals surface area contributed by atoms with Gasteiger partial charge in [-0.25, -0.2) is 0 Å². The van der Waals surface area contributed by atoms with Gasteiger partial charge in [-0.3, -0.25) is 14.6 Å². The highest BCUT2D eigenvalue weighted by atomic mass is 16.5. The van der Waals surface area contributed by atoms with Gasteiger partial charge in [-0.1, -0.05) is 0 Å². The van der Waals surface area contributed by atoms with Gasteiger partial charge in [-0.05, 0) is 26.7 Å². The predicted molar refractivity (Wildman–Crippen MR) is 81.2 cm³/mol. The van der Waals surface area contributed by atoms with Crippen LogP contribution in [0.3, 0.4) is 0 Å². The number of ether oxygens (including phenoxy) is 1. The summed E-state index contributed by atoms with van der Waals surface area (Å²) in [7, 11) is 0. The molecule has 0 spiro atoms. The Balaban J connectivity index is 1.64. The molecule has 0 radical (unpaired) electrons. The van der Waals surface area contributed by atoms with Gasteiger partial charge in [-0.2, -0.15) is 0 Å². The normalized spacial score (nSPS) is 23.2. The lowest BCUT2D eigenvalue weighted by Crippen LogP contribution is -2.53. The summed E-state index contributed by atoms with van der Waals surface area (Å²) in [5.41, 5.74) is -0.650. The highest BCUT2D eigenvalue weighted by Crippen LogP contribution is 2.09. The first-order chi connectivity index (χ1) is 9.92. The Morgan fingerprint density at radius 3 is 2.33 bits per heavy atom. The van der Waals surface area contributed by atoms with Crippen LogP contribution in [0.4, 0.5) is 0 Å². The van der Waals surface area contributed by atoms with E-state index in [1.54, 1.807) is 0 Å². The fraction of sp³-hybridized carbons (Fsp3) is 0.933. The summed E-state index contributed by atoms with van der Waals surface area (Å²) in [6.45, 7) is 9.93. The van der Waals surface area contributed by atoms with E-state index in [9.17, 15) is 9.90 Å². The smallest absolute Gasteiger partial charge is 0.234 e. The molecular formula is C15H29N3O3. The van der Waals surface area contributed by atoms with Crippen LogP contribution in [-0.2, 0) is 9.53 Å². The third kappa shape index (κ3) is 6.30. The summed E-state index contributed by atoms with van der Waals surface area (Å²) in [4.78, 5) is 16.5. The molecule has 2 aliphatic rings. The molecule has 0 saturated carbocycles. The SMILES string of the molecule is CC(C)(O)CN1CCN(CC(=O)NC2CCOCC2)CC1. The van der Waals surface area contributed by atoms with Crippen LogP contribution in [0, 0.1) is 0 Å². The monoisotopic (exact) mass is 299 g/mol. The number of carbonyl (C=O) groups is 1. The minimum absolute atomic E-state index is 0.123. The van der Waals surface area contributed by atoms with Gasteiger partial charge in [0.1, 0.15) is 0 Å². The van der Waals surface area contributed by atoms with Crippen LogP contribution < -0.4 is 5.32 Å². The number of amides is 1. The summed E-state index contributed by atoms with van der Waals surface area (Å²) in [5, 5.41) is 12.9. The fourth-order valence-corrected chi connectivity index (χ4v) is 2.97. The molecule has 2 fully saturated rings. The molecule has 6 heteroatoms. The van der Waals surface area contributed by atoms with Gasteiger partial charge < -0.3 is 15.2 Å². The zero-order valence-corrected chi connectivity index (χ0v) is 13.3. The number of hydrogen-bond donors (Lipinski definition) is 2. The van der Waals surface area contributed by atoms with Crippen molar-refractivity contribution >= 4 is 5.91 Å². The number of rotatable bonds is 5. The van der Waals surface area contributed by atoms with Crippen molar-refractivity contribution in [2.45, 2.75) is 38.3 Å². The first-order valence-electron chi connectivity index (χ1n) is 7.96. The van der Waals surface area contributed by atoms with E-state index in [0.717, 1.165) is 52.2 Å². The van der Waals surface area contributed by atoms with Crippen molar-refractivity contribution in [2.75, 3.05) is 52.5 Å². The van der Waals surface area contributed by atoms with Crippen molar-refractivity contribution in [3.63, 3.8) is 0 Å². The topological polar surface area (TPSA) is 65.0 Å². The second-order valence-corrected chi connectivity index (χ2v) is 6.82. The first kappa shape index (κ1) is 16.7. The predicted octanol–water partition coefficient (Wildman–Crippen LogP) is -0.330. The third-order valence-electron chi connectivity index (χ3n) is 4.03. The largest absolute Gasteiger partial charge is 0.389 e. The van der Waals surface area contributed by atoms with E-state index in [0.29, 0.717) is 13.1 Å². The Labute approximate surface area is 127 Å². The molecule has 122 valence electrons. The van der Waals surface area contributed by atoms with Gasteiger partial charge >= 0.3 is 0 Å². The Morgan fingerprint density at radius 1 is 1.19 bits per heavy atom. The molecule has 0 aromatic rings. The first-order valence-corrected chi connectivity index (χ1v) is 7.96. The molecule has 1 amide bonds. The number of aliphatic hydroxyl groups is 1. The van der Waals surface area contributed by atoms with Crippen LogP contribution in [0.15, 0.2) is 0 Å². The van der Waals surface area contributed by atoms with Gasteiger partial charge in [0.05, 0.1) is 12.1 Å². The Bertz CT molecular complexity index is 330. The summed E-state index contributed by atoms with van der Waals surface area (Å²) < 4.78 is 5.30. The molecule has 21 heavy (non-hydrogen) atoms. The Kier molecular flexibility index (Phi) is 5.98. The van der Waals surface area contributed by atoms with Crippen LogP contribution in [-0.4, -0.2) is 84.9 Å². The van der Waals surface area contributed by atoms with Crippen molar-refractivity contribution in [1.82, 2.24) is 15.1 Å². The highest BCUT2D eigenvalue weighted by Gasteiger charge is 2.24. The molecule has 6 nitrogen and oxygen atoms in total. The molecule has 2 heterocycles. The third-order valence-corrected chi connectivity index (χ3v) is 4.03. The van der Waals surface area contributed by atoms with Crippen LogP contribution in [0.5, 0.6) is 0 Å². The maximum absolute atomic E-state index is 12.0. The molecule has 2 saturated heterocycles. The second-order valence-electron chi connectivity index (χ2n) is 6.82. The molecule has 0 aromatic carbocycles. The van der Waals surface area contributed by atoms with E-state index in [4.69, 9.17) is 4.74 Å². The average molecular weight is 299 g/mol. The van der Waals surface area contributed by atoms with Crippen molar-refractivity contribution in [2.24, 2.45) is 0 Å². The van der Waals surface area contributed by atoms with Crippen molar-refractivity contribution in [3.05, 3.63) is 0 Å². The van der Waals surface area contributed by atoms with Gasteiger partial charge in [-0.15, -0.1) is 0 Å². The van der Waals surface area contributed by atoms with Crippen molar-refractivity contribution in [3.8, 4) is 0 Å². The van der Waals surface area contributed by atoms with Crippen LogP contribution in [0.1, 0.15) is 26.7 Å². The molecule has 0 bridgehead atoms. The molecule has 0 aliphatic carbocycles. The van der Waals surface area contributed by atoms with Crippen LogP contribution >= 0.6 is 0 Å². The standard InChI is InChI=1S/C15H29N3O3/c1-15(2,20)12-18-7-5-17(6-8-18)11-14(19)16-13-3-9-21-10-4-13/h13,20H,3-12H2,1-2H3,(H,16,19). The van der Waals surface area contributed by atoms with Gasteiger partial charge in [0, 0.05) is 52.0 Å². The van der Waals surface area contributed by atoms with E-state index in [1.807, 2.05) is 13.8 Å². The fourth-order valence-electron chi connectivity index (χ4n) is 2.97. The van der Waals surface area contributed by atoms with E-state index >= 15 is 0 Å². The van der Waals surface area contributed by atoms with Crippen LogP contribution in [0.2, 0.25) is 0 Å². The number of piperazine rings is 1. The number of hydrogen-bond acceptors (Lipinski definition) is 5. The van der Waals surface area contributed by atoms with E-state index < -0.39 is 5.60 Å². The number of β-amino-alcohol motifs (C(OH)–C–C–N with tert-alkyl or cyclic N) is 1. The quantitative estimate of drug-likeness (QED) is 0.728. The van der Waals surface area contributed by atoms with Gasteiger partial charge in [0.15, 0.2) is 0 Å². The molecule has 2 aliphatic heterocycles. The lowest BCUT2D eigenvalue weighted by Gasteiger charge is -2.37. The lowest BCUT2D eigenvalue weighted by atomic mass is 10.1. The maximum atomic E-state index is 12.0. The number of carbonyl (C=O) groups excluding carboxylic acids is 1. The van der Waals surface area contributed by atoms with Gasteiger partial charge in [0.2, 0.25) is 5.91 Å². The van der Waals surface area contributed by atoms with E-state index in [2.05, 4.69) is 15.1 Å². The minimum Gasteiger partial charge on any atom is -0.389 e. The number of nitrogens with one attached hydrogen (secondary N) is 1. The van der Waals surface area contributed by atoms with Crippen molar-refractivity contribution < 1.29 is 14.6 Å². The molecule has 0 atom stereocenters. The molecule has 0 unspecified atom stereocenters. The van der Waals surface area contributed by atoms with Gasteiger partial charge in [0.25, 0.3) is 0 Å². The molecule has 0 aromatic heterocycles. The zero-order valence-electron chi connectivity index (χ0n) is 13.3. The minimum atomic E-state index is -0.650. The summed E-state index contributed by atoms with van der Waals surface area (Å²) in [6.07, 6.45) is 1.84.